The number of hydrogen-bond acceptors (Lipinski definition) is 5. The number of piperidine rings is 3. The van der Waals surface area contributed by atoms with Crippen molar-refractivity contribution in [3.05, 3.63) is 23.4 Å². The quantitative estimate of drug-likeness (QED) is 0.799. The second-order valence-electron chi connectivity index (χ2n) is 5.60. The molecule has 1 aromatic carbocycles. The molecule has 3 saturated heterocycles. The molecular formula is C17H21NO4. The Balaban J connectivity index is 2.04. The van der Waals surface area contributed by atoms with Gasteiger partial charge in [-0.15, -0.1) is 0 Å². The van der Waals surface area contributed by atoms with Gasteiger partial charge in [0.05, 0.1) is 27.0 Å². The molecule has 3 aliphatic heterocycles. The van der Waals surface area contributed by atoms with Crippen LogP contribution in [0.2, 0.25) is 0 Å². The van der Waals surface area contributed by atoms with Gasteiger partial charge in [0.25, 0.3) is 0 Å². The first-order chi connectivity index (χ1) is 10.7. The Morgan fingerprint density at radius 3 is 2.14 bits per heavy atom. The van der Waals surface area contributed by atoms with E-state index in [0.29, 0.717) is 17.2 Å². The zero-order valence-electron chi connectivity index (χ0n) is 13.2. The first-order valence-electron chi connectivity index (χ1n) is 7.48. The smallest absolute Gasteiger partial charge is 0.182 e. The molecule has 118 valence electrons. The van der Waals surface area contributed by atoms with E-state index in [0.717, 1.165) is 37.2 Å². The molecule has 1 aromatic rings. The highest BCUT2D eigenvalue weighted by Crippen LogP contribution is 2.38. The molecule has 0 radical (unpaired) electrons. The number of fused-ring (bicyclic) bond motifs is 3. The number of methoxy groups -OCH3 is 3. The SMILES string of the molecule is COc1cc(OC)c(OC)cc1/C=C1/C(=O)C2CCN1CC2. The Kier molecular flexibility index (Phi) is 3.96. The molecule has 5 nitrogen and oxygen atoms in total. The lowest BCUT2D eigenvalue weighted by Gasteiger charge is -2.41. The minimum Gasteiger partial charge on any atom is -0.496 e. The number of hydrogen-bond donors (Lipinski definition) is 0. The second kappa shape index (κ2) is 5.91. The lowest BCUT2D eigenvalue weighted by molar-refractivity contribution is -0.125. The van der Waals surface area contributed by atoms with Gasteiger partial charge in [0, 0.05) is 30.6 Å². The number of carbonyl (C=O) groups is 1. The van der Waals surface area contributed by atoms with Gasteiger partial charge in [-0.1, -0.05) is 0 Å². The van der Waals surface area contributed by atoms with Gasteiger partial charge in [0.2, 0.25) is 0 Å². The van der Waals surface area contributed by atoms with Crippen LogP contribution in [0.4, 0.5) is 0 Å². The predicted molar refractivity (Wildman–Crippen MR) is 83.4 cm³/mol. The van der Waals surface area contributed by atoms with Crippen LogP contribution >= 0.6 is 0 Å². The Bertz CT molecular complexity index is 615. The molecule has 0 unspecified atom stereocenters. The Morgan fingerprint density at radius 1 is 1.00 bits per heavy atom. The number of ketones is 1. The number of benzene rings is 1. The molecule has 0 aliphatic carbocycles. The van der Waals surface area contributed by atoms with Crippen molar-refractivity contribution in [1.82, 2.24) is 4.90 Å². The fourth-order valence-electron chi connectivity index (χ4n) is 3.22. The van der Waals surface area contributed by atoms with E-state index in [-0.39, 0.29) is 11.7 Å². The van der Waals surface area contributed by atoms with Crippen LogP contribution in [0.15, 0.2) is 17.8 Å². The average Bonchev–Trinajstić information content (AvgIpc) is 2.57. The molecule has 22 heavy (non-hydrogen) atoms. The minimum absolute atomic E-state index is 0.183. The third-order valence-electron chi connectivity index (χ3n) is 4.49. The van der Waals surface area contributed by atoms with E-state index in [9.17, 15) is 4.79 Å². The van der Waals surface area contributed by atoms with Crippen molar-refractivity contribution in [2.45, 2.75) is 12.8 Å². The molecule has 3 aliphatic rings. The van der Waals surface area contributed by atoms with Gasteiger partial charge in [-0.25, -0.2) is 0 Å². The van der Waals surface area contributed by atoms with E-state index in [4.69, 9.17) is 14.2 Å². The first kappa shape index (κ1) is 14.8. The number of Topliss-reactive ketones (excluding diaryl/α,β-unsaturated/α-hetero) is 1. The summed E-state index contributed by atoms with van der Waals surface area (Å²) in [5.74, 6) is 2.33. The highest BCUT2D eigenvalue weighted by atomic mass is 16.5. The summed E-state index contributed by atoms with van der Waals surface area (Å²) in [7, 11) is 4.79. The van der Waals surface area contributed by atoms with Gasteiger partial charge in [0.15, 0.2) is 17.3 Å². The molecule has 2 bridgehead atoms. The summed E-state index contributed by atoms with van der Waals surface area (Å²) in [6, 6.07) is 3.63. The van der Waals surface area contributed by atoms with E-state index in [1.807, 2.05) is 12.1 Å². The van der Waals surface area contributed by atoms with E-state index in [2.05, 4.69) is 4.90 Å². The van der Waals surface area contributed by atoms with Gasteiger partial charge < -0.3 is 19.1 Å². The predicted octanol–water partition coefficient (Wildman–Crippen LogP) is 2.35. The van der Waals surface area contributed by atoms with Crippen LogP contribution < -0.4 is 14.2 Å². The van der Waals surface area contributed by atoms with Gasteiger partial charge in [0.1, 0.15) is 5.75 Å². The topological polar surface area (TPSA) is 48.0 Å². The Morgan fingerprint density at radius 2 is 1.59 bits per heavy atom. The summed E-state index contributed by atoms with van der Waals surface area (Å²) < 4.78 is 16.1. The van der Waals surface area contributed by atoms with Crippen molar-refractivity contribution in [2.24, 2.45) is 5.92 Å². The van der Waals surface area contributed by atoms with Crippen molar-refractivity contribution >= 4 is 11.9 Å². The molecular weight excluding hydrogens is 282 g/mol. The molecule has 0 atom stereocenters. The first-order valence-corrected chi connectivity index (χ1v) is 7.48. The fraction of sp³-hybridized carbons (Fsp3) is 0.471. The van der Waals surface area contributed by atoms with E-state index in [1.165, 1.54) is 0 Å². The summed E-state index contributed by atoms with van der Waals surface area (Å²) in [6.07, 6.45) is 3.85. The molecule has 5 heteroatoms. The lowest BCUT2D eigenvalue weighted by atomic mass is 9.84. The summed E-state index contributed by atoms with van der Waals surface area (Å²) in [6.45, 7) is 1.91. The van der Waals surface area contributed by atoms with Crippen LogP contribution in [0.3, 0.4) is 0 Å². The van der Waals surface area contributed by atoms with Crippen molar-refractivity contribution < 1.29 is 19.0 Å². The molecule has 0 aromatic heterocycles. The van der Waals surface area contributed by atoms with Crippen molar-refractivity contribution in [3.8, 4) is 17.2 Å². The van der Waals surface area contributed by atoms with E-state index >= 15 is 0 Å². The summed E-state index contributed by atoms with van der Waals surface area (Å²) >= 11 is 0. The molecule has 4 rings (SSSR count). The van der Waals surface area contributed by atoms with Crippen molar-refractivity contribution in [3.63, 3.8) is 0 Å². The van der Waals surface area contributed by atoms with Gasteiger partial charge in [-0.05, 0) is 25.0 Å². The third kappa shape index (κ3) is 2.40. The van der Waals surface area contributed by atoms with Crippen LogP contribution in [0, 0.1) is 5.92 Å². The molecule has 3 heterocycles. The van der Waals surface area contributed by atoms with Crippen LogP contribution in [0.5, 0.6) is 17.2 Å². The maximum atomic E-state index is 12.5. The lowest BCUT2D eigenvalue weighted by Crippen LogP contribution is -2.45. The van der Waals surface area contributed by atoms with E-state index < -0.39 is 0 Å². The number of rotatable bonds is 4. The summed E-state index contributed by atoms with van der Waals surface area (Å²) in [5.41, 5.74) is 1.61. The maximum absolute atomic E-state index is 12.5. The van der Waals surface area contributed by atoms with Crippen molar-refractivity contribution in [1.29, 1.82) is 0 Å². The molecule has 3 fully saturated rings. The fourth-order valence-corrected chi connectivity index (χ4v) is 3.22. The minimum atomic E-state index is 0.183. The zero-order chi connectivity index (χ0) is 15.7. The third-order valence-corrected chi connectivity index (χ3v) is 4.49. The molecule has 0 amide bonds. The van der Waals surface area contributed by atoms with Crippen LogP contribution in [-0.4, -0.2) is 45.1 Å². The van der Waals surface area contributed by atoms with Gasteiger partial charge >= 0.3 is 0 Å². The van der Waals surface area contributed by atoms with Crippen LogP contribution in [0.25, 0.3) is 6.08 Å². The number of carbonyl (C=O) groups excluding carboxylic acids is 1. The largest absolute Gasteiger partial charge is 0.496 e. The second-order valence-corrected chi connectivity index (χ2v) is 5.60. The van der Waals surface area contributed by atoms with Crippen LogP contribution in [-0.2, 0) is 4.79 Å². The average molecular weight is 303 g/mol. The maximum Gasteiger partial charge on any atom is 0.182 e. The van der Waals surface area contributed by atoms with E-state index in [1.54, 1.807) is 27.4 Å². The van der Waals surface area contributed by atoms with Crippen molar-refractivity contribution in [2.75, 3.05) is 34.4 Å². The monoisotopic (exact) mass is 303 g/mol. The number of allylic oxidation sites excluding steroid dienone is 1. The molecule has 0 saturated carbocycles. The van der Waals surface area contributed by atoms with Gasteiger partial charge in [-0.3, -0.25) is 4.79 Å². The molecule has 0 N–H and O–H groups in total. The number of nitrogens with zero attached hydrogens (tertiary/aromatic N) is 1. The highest BCUT2D eigenvalue weighted by Gasteiger charge is 2.36. The Hall–Kier alpha value is -2.17. The summed E-state index contributed by atoms with van der Waals surface area (Å²) in [4.78, 5) is 14.6. The highest BCUT2D eigenvalue weighted by molar-refractivity contribution is 6.02. The molecule has 0 spiro atoms. The Labute approximate surface area is 130 Å². The van der Waals surface area contributed by atoms with Crippen LogP contribution in [0.1, 0.15) is 18.4 Å². The van der Waals surface area contributed by atoms with Gasteiger partial charge in [-0.2, -0.15) is 0 Å². The normalized spacial score (nSPS) is 19.7. The standard InChI is InChI=1S/C17H21NO4/c1-20-14-10-16(22-3)15(21-2)9-12(14)8-13-17(19)11-4-6-18(13)7-5-11/h8-11H,4-7H2,1-3H3/b13-8-. The zero-order valence-corrected chi connectivity index (χ0v) is 13.2. The summed E-state index contributed by atoms with van der Waals surface area (Å²) in [5, 5.41) is 0. The number of ether oxygens (including phenoxy) is 3.